The van der Waals surface area contributed by atoms with E-state index < -0.39 is 0 Å². The predicted molar refractivity (Wildman–Crippen MR) is 123 cm³/mol. The highest BCUT2D eigenvalue weighted by Crippen LogP contribution is 2.33. The molecular weight excluding hydrogens is 415 g/mol. The van der Waals surface area contributed by atoms with E-state index in [1.807, 2.05) is 0 Å². The Morgan fingerprint density at radius 1 is 0.680 bits per heavy atom. The van der Waals surface area contributed by atoms with Crippen molar-refractivity contribution in [3.8, 4) is 0 Å². The first kappa shape index (κ1) is 23.0. The van der Waals surface area contributed by atoms with E-state index in [0.717, 1.165) is 0 Å². The highest BCUT2D eigenvalue weighted by atomic mass is 127. The van der Waals surface area contributed by atoms with E-state index >= 15 is 0 Å². The number of unbranched alkanes of at least 4 members (excludes halogenated alkanes) is 12. The molecule has 0 aromatic heterocycles. The summed E-state index contributed by atoms with van der Waals surface area (Å²) in [5.41, 5.74) is 3.08. The average Bonchev–Trinajstić information content (AvgIpc) is 2.58. The Kier molecular flexibility index (Phi) is 12.9. The van der Waals surface area contributed by atoms with Gasteiger partial charge in [0.2, 0.25) is 0 Å². The molecule has 0 nitrogen and oxygen atoms in total. The van der Waals surface area contributed by atoms with Crippen molar-refractivity contribution >= 4 is 22.6 Å². The van der Waals surface area contributed by atoms with E-state index in [2.05, 4.69) is 67.6 Å². The van der Waals surface area contributed by atoms with Crippen LogP contribution in [0.3, 0.4) is 0 Å². The SMILES string of the molecule is CCCCCCCCCCCCCCCc1ccccc1C(C)(C)I. The zero-order valence-corrected chi connectivity index (χ0v) is 19.2. The van der Waals surface area contributed by atoms with Gasteiger partial charge in [-0.15, -0.1) is 0 Å². The topological polar surface area (TPSA) is 0 Å². The van der Waals surface area contributed by atoms with Gasteiger partial charge in [-0.05, 0) is 37.8 Å². The Bertz CT molecular complexity index is 430. The molecule has 144 valence electrons. The van der Waals surface area contributed by atoms with Crippen LogP contribution in [0.5, 0.6) is 0 Å². The fourth-order valence-electron chi connectivity index (χ4n) is 3.65. The zero-order chi connectivity index (χ0) is 18.4. The van der Waals surface area contributed by atoms with Crippen molar-refractivity contribution in [3.05, 3.63) is 35.4 Å². The molecule has 1 aromatic rings. The maximum atomic E-state index is 2.57. The summed E-state index contributed by atoms with van der Waals surface area (Å²) in [5, 5.41) is 0. The summed E-state index contributed by atoms with van der Waals surface area (Å²) in [6.45, 7) is 6.93. The van der Waals surface area contributed by atoms with Crippen LogP contribution in [0.25, 0.3) is 0 Å². The first-order valence-corrected chi connectivity index (χ1v) is 11.9. The number of hydrogen-bond acceptors (Lipinski definition) is 0. The number of aryl methyl sites for hydroxylation is 1. The fraction of sp³-hybridized carbons (Fsp3) is 0.750. The van der Waals surface area contributed by atoms with Crippen molar-refractivity contribution in [2.75, 3.05) is 0 Å². The molecule has 0 unspecified atom stereocenters. The van der Waals surface area contributed by atoms with Crippen LogP contribution in [-0.4, -0.2) is 0 Å². The minimum Gasteiger partial charge on any atom is -0.0743 e. The van der Waals surface area contributed by atoms with Crippen LogP contribution >= 0.6 is 22.6 Å². The van der Waals surface area contributed by atoms with Gasteiger partial charge in [0.15, 0.2) is 0 Å². The van der Waals surface area contributed by atoms with Gasteiger partial charge in [-0.2, -0.15) is 0 Å². The summed E-state index contributed by atoms with van der Waals surface area (Å²) in [6, 6.07) is 9.02. The van der Waals surface area contributed by atoms with Gasteiger partial charge >= 0.3 is 0 Å². The first-order valence-electron chi connectivity index (χ1n) is 10.8. The van der Waals surface area contributed by atoms with Gasteiger partial charge in [-0.25, -0.2) is 0 Å². The number of rotatable bonds is 15. The Balaban J connectivity index is 1.99. The van der Waals surface area contributed by atoms with E-state index in [4.69, 9.17) is 0 Å². The first-order chi connectivity index (χ1) is 12.1. The van der Waals surface area contributed by atoms with Gasteiger partial charge in [0, 0.05) is 3.42 Å². The highest BCUT2D eigenvalue weighted by Gasteiger charge is 2.18. The van der Waals surface area contributed by atoms with Crippen molar-refractivity contribution in [2.45, 2.75) is 114 Å². The second-order valence-electron chi connectivity index (χ2n) is 8.12. The molecule has 0 amide bonds. The Hall–Kier alpha value is -0.0500. The Morgan fingerprint density at radius 3 is 1.60 bits per heavy atom. The van der Waals surface area contributed by atoms with Gasteiger partial charge in [-0.3, -0.25) is 0 Å². The molecule has 0 heterocycles. The lowest BCUT2D eigenvalue weighted by atomic mass is 9.93. The average molecular weight is 456 g/mol. The monoisotopic (exact) mass is 456 g/mol. The van der Waals surface area contributed by atoms with Crippen LogP contribution in [-0.2, 0) is 9.84 Å². The molecule has 0 aliphatic heterocycles. The molecule has 25 heavy (non-hydrogen) atoms. The minimum absolute atomic E-state index is 0.241. The van der Waals surface area contributed by atoms with Crippen LogP contribution < -0.4 is 0 Å². The predicted octanol–water partition coefficient (Wildman–Crippen LogP) is 8.99. The lowest BCUT2D eigenvalue weighted by molar-refractivity contribution is 0.539. The molecule has 0 atom stereocenters. The quantitative estimate of drug-likeness (QED) is 0.140. The van der Waals surface area contributed by atoms with Crippen LogP contribution in [0, 0.1) is 0 Å². The largest absolute Gasteiger partial charge is 0.0743 e. The lowest BCUT2D eigenvalue weighted by Gasteiger charge is -2.21. The molecule has 0 aliphatic carbocycles. The second-order valence-corrected chi connectivity index (χ2v) is 10.8. The van der Waals surface area contributed by atoms with Crippen molar-refractivity contribution in [1.82, 2.24) is 0 Å². The van der Waals surface area contributed by atoms with Crippen LogP contribution in [0.2, 0.25) is 0 Å². The molecule has 1 rings (SSSR count). The third kappa shape index (κ3) is 11.3. The van der Waals surface area contributed by atoms with Gasteiger partial charge in [0.05, 0.1) is 0 Å². The van der Waals surface area contributed by atoms with E-state index in [0.29, 0.717) is 0 Å². The van der Waals surface area contributed by atoms with Gasteiger partial charge in [-0.1, -0.05) is 131 Å². The van der Waals surface area contributed by atoms with Gasteiger partial charge in [0.1, 0.15) is 0 Å². The molecule has 0 bridgehead atoms. The van der Waals surface area contributed by atoms with E-state index in [-0.39, 0.29) is 3.42 Å². The highest BCUT2D eigenvalue weighted by molar-refractivity contribution is 14.1. The molecule has 0 saturated heterocycles. The third-order valence-corrected chi connectivity index (χ3v) is 5.79. The van der Waals surface area contributed by atoms with Crippen molar-refractivity contribution < 1.29 is 0 Å². The zero-order valence-electron chi connectivity index (χ0n) is 17.1. The standard InChI is InChI=1S/C24H41I/c1-4-5-6-7-8-9-10-11-12-13-14-15-16-19-22-20-17-18-21-23(22)24(2,3)25/h17-18,20-21H,4-16,19H2,1-3H3. The number of hydrogen-bond donors (Lipinski definition) is 0. The Morgan fingerprint density at radius 2 is 1.12 bits per heavy atom. The van der Waals surface area contributed by atoms with Crippen molar-refractivity contribution in [2.24, 2.45) is 0 Å². The van der Waals surface area contributed by atoms with Crippen molar-refractivity contribution in [3.63, 3.8) is 0 Å². The summed E-state index contributed by atoms with van der Waals surface area (Å²) in [4.78, 5) is 0. The normalized spacial score (nSPS) is 11.8. The van der Waals surface area contributed by atoms with E-state index in [1.165, 1.54) is 95.5 Å². The third-order valence-electron chi connectivity index (χ3n) is 5.21. The van der Waals surface area contributed by atoms with Crippen LogP contribution in [0.1, 0.15) is 115 Å². The second kappa shape index (κ2) is 14.1. The van der Waals surface area contributed by atoms with Crippen molar-refractivity contribution in [1.29, 1.82) is 0 Å². The molecule has 0 spiro atoms. The molecular formula is C24H41I. The maximum Gasteiger partial charge on any atom is 0.0416 e. The van der Waals surface area contributed by atoms with E-state index in [9.17, 15) is 0 Å². The Labute approximate surface area is 171 Å². The molecule has 1 aromatic carbocycles. The number of benzene rings is 1. The van der Waals surface area contributed by atoms with Crippen LogP contribution in [0.15, 0.2) is 24.3 Å². The molecule has 1 heteroatoms. The number of halogens is 1. The molecule has 0 N–H and O–H groups in total. The lowest BCUT2D eigenvalue weighted by Crippen LogP contribution is -2.10. The van der Waals surface area contributed by atoms with Crippen LogP contribution in [0.4, 0.5) is 0 Å². The summed E-state index contributed by atoms with van der Waals surface area (Å²) in [5.74, 6) is 0. The summed E-state index contributed by atoms with van der Waals surface area (Å²) in [6.07, 6.45) is 19.9. The minimum atomic E-state index is 0.241. The fourth-order valence-corrected chi connectivity index (χ4v) is 4.18. The summed E-state index contributed by atoms with van der Waals surface area (Å²) in [7, 11) is 0. The smallest absolute Gasteiger partial charge is 0.0416 e. The molecule has 0 fully saturated rings. The summed E-state index contributed by atoms with van der Waals surface area (Å²) < 4.78 is 0.241. The molecule has 0 saturated carbocycles. The molecule has 0 aliphatic rings. The van der Waals surface area contributed by atoms with Gasteiger partial charge < -0.3 is 0 Å². The van der Waals surface area contributed by atoms with E-state index in [1.54, 1.807) is 5.56 Å². The number of alkyl halides is 1. The van der Waals surface area contributed by atoms with Gasteiger partial charge in [0.25, 0.3) is 0 Å². The summed E-state index contributed by atoms with van der Waals surface area (Å²) >= 11 is 2.57. The molecule has 0 radical (unpaired) electrons. The maximum absolute atomic E-state index is 2.57.